The van der Waals surface area contributed by atoms with Crippen LogP contribution in [0.1, 0.15) is 18.0 Å². The highest BCUT2D eigenvalue weighted by molar-refractivity contribution is 6.17. The van der Waals surface area contributed by atoms with E-state index in [0.717, 1.165) is 22.5 Å². The summed E-state index contributed by atoms with van der Waals surface area (Å²) in [6.07, 6.45) is 7.56. The zero-order valence-corrected chi connectivity index (χ0v) is 21.5. The summed E-state index contributed by atoms with van der Waals surface area (Å²) in [5.41, 5.74) is 14.0. The number of nitrogens with zero attached hydrogens (tertiary/aromatic N) is 3. The molecule has 2 N–H and O–H groups in total. The number of aromatic nitrogens is 2. The van der Waals surface area contributed by atoms with Gasteiger partial charge in [-0.15, -0.1) is 0 Å². The maximum absolute atomic E-state index is 4.15. The van der Waals surface area contributed by atoms with Crippen molar-refractivity contribution in [3.05, 3.63) is 152 Å². The molecule has 5 nitrogen and oxygen atoms in total. The van der Waals surface area contributed by atoms with Gasteiger partial charge in [0.1, 0.15) is 6.17 Å². The first-order valence-corrected chi connectivity index (χ1v) is 13.2. The first-order valence-electron chi connectivity index (χ1n) is 13.2. The monoisotopic (exact) mass is 507 g/mol. The van der Waals surface area contributed by atoms with E-state index < -0.39 is 0 Å². The summed E-state index contributed by atoms with van der Waals surface area (Å²) in [6.45, 7) is 8.13. The second-order valence-electron chi connectivity index (χ2n) is 9.72. The van der Waals surface area contributed by atoms with Crippen LogP contribution in [0.15, 0.2) is 146 Å². The Labute approximate surface area is 227 Å². The maximum Gasteiger partial charge on any atom is 0.176 e. The van der Waals surface area contributed by atoms with Gasteiger partial charge < -0.3 is 14.0 Å². The molecule has 0 aliphatic carbocycles. The first kappa shape index (κ1) is 23.3. The van der Waals surface area contributed by atoms with E-state index >= 15 is 0 Å². The quantitative estimate of drug-likeness (QED) is 0.229. The Kier molecular flexibility index (Phi) is 5.66. The molecule has 0 spiro atoms. The van der Waals surface area contributed by atoms with Gasteiger partial charge in [-0.3, -0.25) is 0 Å². The fourth-order valence-electron chi connectivity index (χ4n) is 5.95. The highest BCUT2D eigenvalue weighted by Gasteiger charge is 2.37. The Morgan fingerprint density at radius 2 is 1.44 bits per heavy atom. The molecule has 1 saturated heterocycles. The third-order valence-corrected chi connectivity index (χ3v) is 7.62. The lowest BCUT2D eigenvalue weighted by atomic mass is 10.1. The minimum atomic E-state index is -0.229. The van der Waals surface area contributed by atoms with Crippen molar-refractivity contribution >= 4 is 32.7 Å². The third-order valence-electron chi connectivity index (χ3n) is 7.62. The number of nitrogens with one attached hydrogen (secondary N) is 2. The number of hydrazine groups is 1. The van der Waals surface area contributed by atoms with E-state index in [1.54, 1.807) is 0 Å². The second-order valence-corrected chi connectivity index (χ2v) is 9.72. The molecular formula is C34H29N5. The smallest absolute Gasteiger partial charge is 0.176 e. The molecule has 0 bridgehead atoms. The van der Waals surface area contributed by atoms with Gasteiger partial charge in [0, 0.05) is 33.7 Å². The van der Waals surface area contributed by atoms with Gasteiger partial charge in [-0.05, 0) is 48.0 Å². The first-order chi connectivity index (χ1) is 19.3. The molecule has 0 saturated carbocycles. The van der Waals surface area contributed by atoms with Crippen LogP contribution in [0.2, 0.25) is 0 Å². The van der Waals surface area contributed by atoms with Gasteiger partial charge in [0.25, 0.3) is 0 Å². The lowest BCUT2D eigenvalue weighted by molar-refractivity contribution is 0.199. The Balaban J connectivity index is 1.51. The number of benzene rings is 4. The largest absolute Gasteiger partial charge is 0.316 e. The summed E-state index contributed by atoms with van der Waals surface area (Å²) in [5.74, 6) is 0. The average molecular weight is 508 g/mol. The van der Waals surface area contributed by atoms with Crippen LogP contribution in [-0.4, -0.2) is 14.0 Å². The molecule has 7 rings (SSSR count). The molecule has 1 aliphatic heterocycles. The highest BCUT2D eigenvalue weighted by Crippen LogP contribution is 2.41. The van der Waals surface area contributed by atoms with E-state index in [0.29, 0.717) is 0 Å². The molecule has 4 aromatic carbocycles. The summed E-state index contributed by atoms with van der Waals surface area (Å²) in [4.78, 5) is 2.34. The van der Waals surface area contributed by atoms with Crippen molar-refractivity contribution in [2.75, 3.05) is 0 Å². The molecule has 1 aliphatic rings. The van der Waals surface area contributed by atoms with E-state index in [4.69, 9.17) is 0 Å². The number of para-hydroxylation sites is 2. The molecule has 6 aromatic rings. The fourth-order valence-corrected chi connectivity index (χ4v) is 5.95. The van der Waals surface area contributed by atoms with Gasteiger partial charge >= 0.3 is 0 Å². The molecule has 0 radical (unpaired) electrons. The molecule has 1 fully saturated rings. The average Bonchev–Trinajstić information content (AvgIpc) is 3.70. The van der Waals surface area contributed by atoms with Crippen LogP contribution in [0, 0.1) is 0 Å². The van der Waals surface area contributed by atoms with Gasteiger partial charge in [-0.25, -0.2) is 10.9 Å². The van der Waals surface area contributed by atoms with Gasteiger partial charge in [0.15, 0.2) is 6.29 Å². The van der Waals surface area contributed by atoms with Crippen molar-refractivity contribution in [3.8, 4) is 5.69 Å². The van der Waals surface area contributed by atoms with Crippen molar-refractivity contribution in [1.82, 2.24) is 24.9 Å². The molecule has 5 heteroatoms. The van der Waals surface area contributed by atoms with E-state index in [1.165, 1.54) is 27.2 Å². The van der Waals surface area contributed by atoms with Crippen LogP contribution in [-0.2, 0) is 0 Å². The van der Waals surface area contributed by atoms with E-state index in [1.807, 2.05) is 24.3 Å². The maximum atomic E-state index is 4.15. The summed E-state index contributed by atoms with van der Waals surface area (Å²) in [5, 5.41) is 3.65. The van der Waals surface area contributed by atoms with Crippen LogP contribution in [0.4, 0.5) is 0 Å². The Morgan fingerprint density at radius 1 is 0.692 bits per heavy atom. The number of hydrogen-bond acceptors (Lipinski definition) is 3. The van der Waals surface area contributed by atoms with Crippen LogP contribution in [0.25, 0.3) is 38.4 Å². The Morgan fingerprint density at radius 3 is 2.21 bits per heavy atom. The van der Waals surface area contributed by atoms with Gasteiger partial charge in [-0.2, -0.15) is 0 Å². The van der Waals surface area contributed by atoms with Crippen LogP contribution in [0.3, 0.4) is 0 Å². The summed E-state index contributed by atoms with van der Waals surface area (Å²) >= 11 is 0. The fraction of sp³-hybridized carbons (Fsp3) is 0.0588. The summed E-state index contributed by atoms with van der Waals surface area (Å²) in [6, 6.07) is 36.3. The predicted molar refractivity (Wildman–Crippen MR) is 161 cm³/mol. The molecule has 0 amide bonds. The summed E-state index contributed by atoms with van der Waals surface area (Å²) < 4.78 is 4.67. The normalized spacial score (nSPS) is 17.8. The summed E-state index contributed by atoms with van der Waals surface area (Å²) in [7, 11) is 0. The Hall–Kier alpha value is -4.84. The molecule has 2 atom stereocenters. The standard InChI is InChI=1S/C34H29N5/c1-3-13-25(4-2)38-33(24-14-7-5-8-15-24)35-36-34(38)39-31-19-12-11-18-27(31)28-20-21-30-29(32(28)39)22-23-37(30)26-16-9-6-10-17-26/h3-23,33-36H,1-2H2/b25-13+. The highest BCUT2D eigenvalue weighted by atomic mass is 15.7. The van der Waals surface area contributed by atoms with Gasteiger partial charge in [-0.1, -0.05) is 92.0 Å². The SMILES string of the molecule is C=C/C=C(\C=C)N1C(c2ccccc2)NNC1n1c2ccccc2c2ccc3c(ccn3-c3ccccc3)c21. The second kappa shape index (κ2) is 9.48. The number of fused-ring (bicyclic) bond motifs is 5. The van der Waals surface area contributed by atoms with Gasteiger partial charge in [0.2, 0.25) is 0 Å². The third kappa shape index (κ3) is 3.63. The lowest BCUT2D eigenvalue weighted by Crippen LogP contribution is -2.33. The molecule has 39 heavy (non-hydrogen) atoms. The van der Waals surface area contributed by atoms with E-state index in [2.05, 4.69) is 141 Å². The Bertz CT molecular complexity index is 1860. The van der Waals surface area contributed by atoms with Crippen molar-refractivity contribution in [2.24, 2.45) is 0 Å². The molecule has 3 heterocycles. The lowest BCUT2D eigenvalue weighted by Gasteiger charge is -2.33. The number of rotatable bonds is 6. The minimum absolute atomic E-state index is 0.107. The van der Waals surface area contributed by atoms with Crippen LogP contribution >= 0.6 is 0 Å². The number of hydrogen-bond donors (Lipinski definition) is 2. The topological polar surface area (TPSA) is 37.2 Å². The van der Waals surface area contributed by atoms with E-state index in [9.17, 15) is 0 Å². The molecular weight excluding hydrogens is 478 g/mol. The van der Waals surface area contributed by atoms with Crippen LogP contribution in [0.5, 0.6) is 0 Å². The predicted octanol–water partition coefficient (Wildman–Crippen LogP) is 7.56. The zero-order valence-electron chi connectivity index (χ0n) is 21.5. The van der Waals surface area contributed by atoms with Crippen molar-refractivity contribution < 1.29 is 0 Å². The van der Waals surface area contributed by atoms with Crippen LogP contribution < -0.4 is 10.9 Å². The zero-order chi connectivity index (χ0) is 26.3. The molecule has 190 valence electrons. The van der Waals surface area contributed by atoms with Gasteiger partial charge in [0.05, 0.1) is 16.6 Å². The van der Waals surface area contributed by atoms with Crippen molar-refractivity contribution in [2.45, 2.75) is 12.5 Å². The molecule has 2 aromatic heterocycles. The van der Waals surface area contributed by atoms with E-state index in [-0.39, 0.29) is 12.5 Å². The molecule has 2 unspecified atom stereocenters. The number of allylic oxidation sites excluding steroid dienone is 3. The van der Waals surface area contributed by atoms with Crippen molar-refractivity contribution in [1.29, 1.82) is 0 Å². The van der Waals surface area contributed by atoms with Crippen molar-refractivity contribution in [3.63, 3.8) is 0 Å². The minimum Gasteiger partial charge on any atom is -0.316 e.